The highest BCUT2D eigenvalue weighted by Gasteiger charge is 2.28. The van der Waals surface area contributed by atoms with Crippen LogP contribution in [0.15, 0.2) is 22.7 Å². The number of benzene rings is 1. The van der Waals surface area contributed by atoms with E-state index < -0.39 is 17.9 Å². The van der Waals surface area contributed by atoms with Crippen LogP contribution in [0, 0.1) is 0 Å². The van der Waals surface area contributed by atoms with Crippen LogP contribution in [0.25, 0.3) is 0 Å². The smallest absolute Gasteiger partial charge is 0.255 e. The van der Waals surface area contributed by atoms with E-state index in [-0.39, 0.29) is 12.3 Å². The van der Waals surface area contributed by atoms with Gasteiger partial charge in [-0.25, -0.2) is 0 Å². The van der Waals surface area contributed by atoms with Crippen molar-refractivity contribution in [2.24, 2.45) is 0 Å². The molecule has 106 valence electrons. The van der Waals surface area contributed by atoms with E-state index >= 15 is 0 Å². The molecule has 1 saturated heterocycles. The van der Waals surface area contributed by atoms with Crippen molar-refractivity contribution in [2.75, 3.05) is 7.11 Å². The Morgan fingerprint density at radius 3 is 2.85 bits per heavy atom. The van der Waals surface area contributed by atoms with Crippen molar-refractivity contribution in [3.05, 3.63) is 28.2 Å². The lowest BCUT2D eigenvalue weighted by Gasteiger charge is -2.22. The van der Waals surface area contributed by atoms with Crippen molar-refractivity contribution < 1.29 is 19.1 Å². The number of carbonyl (C=O) groups excluding carboxylic acids is 3. The number of nitrogens with one attached hydrogen (secondary N) is 2. The van der Waals surface area contributed by atoms with Crippen LogP contribution in [0.3, 0.4) is 0 Å². The number of imide groups is 1. The summed E-state index contributed by atoms with van der Waals surface area (Å²) in [4.78, 5) is 34.8. The number of piperidine rings is 1. The number of carbonyl (C=O) groups is 3. The standard InChI is InChI=1S/C13H13BrN2O4/c1-20-10-6-7(14)2-3-8(10)12(18)15-9-4-5-11(17)16-13(9)19/h2-3,6,9H,4-5H2,1H3,(H,15,18)(H,16,17,19). The summed E-state index contributed by atoms with van der Waals surface area (Å²) < 4.78 is 5.92. The largest absolute Gasteiger partial charge is 0.496 e. The summed E-state index contributed by atoms with van der Waals surface area (Å²) >= 11 is 3.29. The third kappa shape index (κ3) is 3.16. The molecule has 0 radical (unpaired) electrons. The minimum absolute atomic E-state index is 0.216. The second kappa shape index (κ2) is 6.04. The summed E-state index contributed by atoms with van der Waals surface area (Å²) in [5, 5.41) is 4.79. The van der Waals surface area contributed by atoms with Gasteiger partial charge in [0.05, 0.1) is 12.7 Å². The molecule has 3 amide bonds. The Labute approximate surface area is 124 Å². The Bertz CT molecular complexity index is 573. The zero-order valence-corrected chi connectivity index (χ0v) is 12.3. The average Bonchev–Trinajstić information content (AvgIpc) is 2.41. The van der Waals surface area contributed by atoms with Gasteiger partial charge in [-0.3, -0.25) is 19.7 Å². The Kier molecular flexibility index (Phi) is 4.39. The molecule has 1 aromatic carbocycles. The fraction of sp³-hybridized carbons (Fsp3) is 0.308. The summed E-state index contributed by atoms with van der Waals surface area (Å²) in [7, 11) is 1.46. The molecule has 1 unspecified atom stereocenters. The molecule has 0 spiro atoms. The van der Waals surface area contributed by atoms with Gasteiger partial charge in [0.15, 0.2) is 0 Å². The average molecular weight is 341 g/mol. The first-order valence-corrected chi connectivity index (χ1v) is 6.78. The summed E-state index contributed by atoms with van der Waals surface area (Å²) in [6.45, 7) is 0. The fourth-order valence-corrected chi connectivity index (χ4v) is 2.26. The zero-order valence-electron chi connectivity index (χ0n) is 10.7. The normalized spacial score (nSPS) is 18.4. The van der Waals surface area contributed by atoms with Crippen LogP contribution in [0.2, 0.25) is 0 Å². The summed E-state index contributed by atoms with van der Waals surface area (Å²) in [6, 6.07) is 4.28. The SMILES string of the molecule is COc1cc(Br)ccc1C(=O)NC1CCC(=O)NC1=O. The van der Waals surface area contributed by atoms with E-state index in [9.17, 15) is 14.4 Å². The molecule has 1 aromatic rings. The van der Waals surface area contributed by atoms with Crippen molar-refractivity contribution in [3.63, 3.8) is 0 Å². The van der Waals surface area contributed by atoms with E-state index in [1.807, 2.05) is 0 Å². The molecule has 1 aliphatic heterocycles. The van der Waals surface area contributed by atoms with E-state index in [1.165, 1.54) is 7.11 Å². The van der Waals surface area contributed by atoms with E-state index in [0.29, 0.717) is 17.7 Å². The first-order chi connectivity index (χ1) is 9.51. The second-order valence-electron chi connectivity index (χ2n) is 4.32. The van der Waals surface area contributed by atoms with Crippen LogP contribution in [0.1, 0.15) is 23.2 Å². The molecule has 0 aliphatic carbocycles. The first-order valence-electron chi connectivity index (χ1n) is 5.99. The Morgan fingerprint density at radius 2 is 2.20 bits per heavy atom. The fourth-order valence-electron chi connectivity index (χ4n) is 1.92. The molecule has 2 N–H and O–H groups in total. The molecular weight excluding hydrogens is 328 g/mol. The number of hydrogen-bond donors (Lipinski definition) is 2. The predicted molar refractivity (Wildman–Crippen MR) is 74.3 cm³/mol. The van der Waals surface area contributed by atoms with Gasteiger partial charge in [-0.1, -0.05) is 15.9 Å². The molecule has 1 heterocycles. The molecule has 0 aromatic heterocycles. The number of ether oxygens (including phenoxy) is 1. The molecule has 6 nitrogen and oxygen atoms in total. The Balaban J connectivity index is 2.12. The highest BCUT2D eigenvalue weighted by Crippen LogP contribution is 2.23. The minimum atomic E-state index is -0.700. The number of rotatable bonds is 3. The van der Waals surface area contributed by atoms with E-state index in [1.54, 1.807) is 18.2 Å². The molecule has 20 heavy (non-hydrogen) atoms. The molecule has 1 atom stereocenters. The van der Waals surface area contributed by atoms with Gasteiger partial charge in [-0.05, 0) is 24.6 Å². The molecular formula is C13H13BrN2O4. The van der Waals surface area contributed by atoms with Gasteiger partial charge in [-0.15, -0.1) is 0 Å². The highest BCUT2D eigenvalue weighted by atomic mass is 79.9. The number of amides is 3. The first kappa shape index (κ1) is 14.5. The van der Waals surface area contributed by atoms with Crippen molar-refractivity contribution >= 4 is 33.7 Å². The van der Waals surface area contributed by atoms with Crippen molar-refractivity contribution in [2.45, 2.75) is 18.9 Å². The van der Waals surface area contributed by atoms with Crippen LogP contribution in [0.5, 0.6) is 5.75 Å². The third-order valence-corrected chi connectivity index (χ3v) is 3.45. The van der Waals surface area contributed by atoms with Crippen molar-refractivity contribution in [1.29, 1.82) is 0 Å². The van der Waals surface area contributed by atoms with Crippen molar-refractivity contribution in [1.82, 2.24) is 10.6 Å². The molecule has 0 bridgehead atoms. The second-order valence-corrected chi connectivity index (χ2v) is 5.24. The van der Waals surface area contributed by atoms with Gasteiger partial charge in [-0.2, -0.15) is 0 Å². The van der Waals surface area contributed by atoms with E-state index in [2.05, 4.69) is 26.6 Å². The maximum atomic E-state index is 12.2. The van der Waals surface area contributed by atoms with Gasteiger partial charge < -0.3 is 10.1 Å². The highest BCUT2D eigenvalue weighted by molar-refractivity contribution is 9.10. The number of methoxy groups -OCH3 is 1. The molecule has 1 aliphatic rings. The molecule has 1 fully saturated rings. The lowest BCUT2D eigenvalue weighted by Crippen LogP contribution is -2.52. The maximum Gasteiger partial charge on any atom is 0.255 e. The van der Waals surface area contributed by atoms with E-state index in [0.717, 1.165) is 4.47 Å². The lowest BCUT2D eigenvalue weighted by atomic mass is 10.1. The summed E-state index contributed by atoms with van der Waals surface area (Å²) in [6.07, 6.45) is 0.517. The van der Waals surface area contributed by atoms with Crippen molar-refractivity contribution in [3.8, 4) is 5.75 Å². The third-order valence-electron chi connectivity index (χ3n) is 2.95. The number of hydrogen-bond acceptors (Lipinski definition) is 4. The van der Waals surface area contributed by atoms with Gasteiger partial charge in [0, 0.05) is 10.9 Å². The lowest BCUT2D eigenvalue weighted by molar-refractivity contribution is -0.134. The van der Waals surface area contributed by atoms with Crippen LogP contribution in [0.4, 0.5) is 0 Å². The van der Waals surface area contributed by atoms with Gasteiger partial charge in [0.1, 0.15) is 11.8 Å². The molecule has 7 heteroatoms. The van der Waals surface area contributed by atoms with Crippen LogP contribution in [-0.2, 0) is 9.59 Å². The van der Waals surface area contributed by atoms with Crippen LogP contribution < -0.4 is 15.4 Å². The van der Waals surface area contributed by atoms with Gasteiger partial charge in [0.25, 0.3) is 5.91 Å². The van der Waals surface area contributed by atoms with Crippen LogP contribution in [-0.4, -0.2) is 30.9 Å². The summed E-state index contributed by atoms with van der Waals surface area (Å²) in [5.41, 5.74) is 0.334. The quantitative estimate of drug-likeness (QED) is 0.803. The van der Waals surface area contributed by atoms with Gasteiger partial charge in [0.2, 0.25) is 11.8 Å². The molecule has 0 saturated carbocycles. The zero-order chi connectivity index (χ0) is 14.7. The Hall–Kier alpha value is -1.89. The Morgan fingerprint density at radius 1 is 1.45 bits per heavy atom. The maximum absolute atomic E-state index is 12.2. The predicted octanol–water partition coefficient (Wildman–Crippen LogP) is 0.993. The monoisotopic (exact) mass is 340 g/mol. The molecule has 2 rings (SSSR count). The number of halogens is 1. The van der Waals surface area contributed by atoms with Gasteiger partial charge >= 0.3 is 0 Å². The van der Waals surface area contributed by atoms with E-state index in [4.69, 9.17) is 4.74 Å². The van der Waals surface area contributed by atoms with Crippen LogP contribution >= 0.6 is 15.9 Å². The minimum Gasteiger partial charge on any atom is -0.496 e. The topological polar surface area (TPSA) is 84.5 Å². The summed E-state index contributed by atoms with van der Waals surface area (Å²) in [5.74, 6) is -0.805.